The van der Waals surface area contributed by atoms with Crippen LogP contribution in [0, 0.1) is 5.92 Å². The van der Waals surface area contributed by atoms with E-state index in [1.807, 2.05) is 18.2 Å². The van der Waals surface area contributed by atoms with Gasteiger partial charge in [-0.05, 0) is 36.0 Å². The lowest BCUT2D eigenvalue weighted by molar-refractivity contribution is -0.121. The molecule has 0 saturated heterocycles. The number of rotatable bonds is 6. The van der Waals surface area contributed by atoms with E-state index in [2.05, 4.69) is 26.1 Å². The molecule has 1 aromatic carbocycles. The van der Waals surface area contributed by atoms with Crippen molar-refractivity contribution >= 4 is 5.91 Å². The number of nitrogens with one attached hydrogen (secondary N) is 1. The zero-order chi connectivity index (χ0) is 15.2. The van der Waals surface area contributed by atoms with Gasteiger partial charge in [-0.3, -0.25) is 4.79 Å². The van der Waals surface area contributed by atoms with Gasteiger partial charge in [-0.1, -0.05) is 26.8 Å². The summed E-state index contributed by atoms with van der Waals surface area (Å²) in [6.45, 7) is 8.27. The largest absolute Gasteiger partial charge is 0.486 e. The van der Waals surface area contributed by atoms with Crippen molar-refractivity contribution in [2.45, 2.75) is 39.5 Å². The molecule has 0 aliphatic carbocycles. The van der Waals surface area contributed by atoms with E-state index in [1.165, 1.54) is 0 Å². The van der Waals surface area contributed by atoms with Crippen LogP contribution in [0.15, 0.2) is 18.2 Å². The van der Waals surface area contributed by atoms with Crippen LogP contribution in [0.4, 0.5) is 0 Å². The lowest BCUT2D eigenvalue weighted by Gasteiger charge is -2.24. The molecule has 0 bridgehead atoms. The Balaban J connectivity index is 2.12. The molecule has 0 aromatic heterocycles. The molecule has 1 amide bonds. The van der Waals surface area contributed by atoms with Crippen molar-refractivity contribution in [3.05, 3.63) is 23.8 Å². The quantitative estimate of drug-likeness (QED) is 0.876. The molecular weight excluding hydrogens is 266 g/mol. The van der Waals surface area contributed by atoms with Gasteiger partial charge >= 0.3 is 0 Å². The Morgan fingerprint density at radius 1 is 1.24 bits per heavy atom. The zero-order valence-electron chi connectivity index (χ0n) is 13.1. The molecule has 21 heavy (non-hydrogen) atoms. The first kappa shape index (κ1) is 15.7. The predicted molar refractivity (Wildman–Crippen MR) is 82.9 cm³/mol. The maximum absolute atomic E-state index is 12.0. The van der Waals surface area contributed by atoms with Crippen LogP contribution in [-0.2, 0) is 4.79 Å². The van der Waals surface area contributed by atoms with Gasteiger partial charge in [-0.25, -0.2) is 0 Å². The first-order chi connectivity index (χ1) is 10.1. The average molecular weight is 291 g/mol. The van der Waals surface area contributed by atoms with Crippen molar-refractivity contribution in [3.63, 3.8) is 0 Å². The molecular formula is C17H25NO3. The fourth-order valence-corrected chi connectivity index (χ4v) is 2.57. The summed E-state index contributed by atoms with van der Waals surface area (Å²) in [4.78, 5) is 12.0. The number of benzene rings is 1. The van der Waals surface area contributed by atoms with Crippen LogP contribution in [0.5, 0.6) is 11.5 Å². The molecule has 1 aliphatic heterocycles. The maximum atomic E-state index is 12.0. The molecule has 1 unspecified atom stereocenters. The number of carbonyl (C=O) groups excluding carboxylic acids is 1. The van der Waals surface area contributed by atoms with Gasteiger partial charge < -0.3 is 14.8 Å². The normalized spacial score (nSPS) is 14.9. The van der Waals surface area contributed by atoms with Crippen molar-refractivity contribution in [2.24, 2.45) is 5.92 Å². The number of amides is 1. The molecule has 0 fully saturated rings. The summed E-state index contributed by atoms with van der Waals surface area (Å²) in [6, 6.07) is 6.01. The molecule has 0 radical (unpaired) electrons. The van der Waals surface area contributed by atoms with E-state index >= 15 is 0 Å². The molecule has 1 N–H and O–H groups in total. The Bertz CT molecular complexity index is 485. The summed E-state index contributed by atoms with van der Waals surface area (Å²) in [5.74, 6) is 2.28. The third kappa shape index (κ3) is 4.13. The van der Waals surface area contributed by atoms with Crippen LogP contribution in [0.2, 0.25) is 0 Å². The summed E-state index contributed by atoms with van der Waals surface area (Å²) in [7, 11) is 0. The highest BCUT2D eigenvalue weighted by Gasteiger charge is 2.22. The predicted octanol–water partition coefficient (Wildman–Crippen LogP) is 3.11. The number of carbonyl (C=O) groups is 1. The van der Waals surface area contributed by atoms with Gasteiger partial charge in [0.15, 0.2) is 11.5 Å². The second-order valence-corrected chi connectivity index (χ2v) is 5.81. The highest BCUT2D eigenvalue weighted by atomic mass is 16.6. The number of hydrogen-bond acceptors (Lipinski definition) is 3. The second kappa shape index (κ2) is 7.34. The fourth-order valence-electron chi connectivity index (χ4n) is 2.57. The van der Waals surface area contributed by atoms with E-state index < -0.39 is 0 Å². The molecule has 1 aliphatic rings. The minimum Gasteiger partial charge on any atom is -0.486 e. The van der Waals surface area contributed by atoms with Gasteiger partial charge in [0, 0.05) is 13.0 Å². The van der Waals surface area contributed by atoms with Crippen molar-refractivity contribution in [1.29, 1.82) is 0 Å². The third-order valence-electron chi connectivity index (χ3n) is 3.78. The van der Waals surface area contributed by atoms with Gasteiger partial charge in [0.25, 0.3) is 0 Å². The van der Waals surface area contributed by atoms with E-state index in [-0.39, 0.29) is 11.8 Å². The van der Waals surface area contributed by atoms with E-state index in [0.29, 0.717) is 25.6 Å². The Kier molecular flexibility index (Phi) is 5.48. The SMILES string of the molecule is CCCNC(=O)CC(c1ccc2c(c1)OCCO2)C(C)C. The molecule has 4 heteroatoms. The molecule has 2 rings (SSSR count). The highest BCUT2D eigenvalue weighted by Crippen LogP contribution is 2.36. The lowest BCUT2D eigenvalue weighted by Crippen LogP contribution is -2.27. The Labute approximate surface area is 126 Å². The van der Waals surface area contributed by atoms with Gasteiger partial charge in [0.1, 0.15) is 13.2 Å². The minimum absolute atomic E-state index is 0.116. The summed E-state index contributed by atoms with van der Waals surface area (Å²) in [6.07, 6.45) is 1.47. The van der Waals surface area contributed by atoms with Crippen molar-refractivity contribution in [1.82, 2.24) is 5.32 Å². The second-order valence-electron chi connectivity index (χ2n) is 5.81. The van der Waals surface area contributed by atoms with Gasteiger partial charge in [0.2, 0.25) is 5.91 Å². The van der Waals surface area contributed by atoms with Crippen LogP contribution in [0.25, 0.3) is 0 Å². The number of hydrogen-bond donors (Lipinski definition) is 1. The van der Waals surface area contributed by atoms with Crippen LogP contribution in [-0.4, -0.2) is 25.7 Å². The topological polar surface area (TPSA) is 47.6 Å². The monoisotopic (exact) mass is 291 g/mol. The average Bonchev–Trinajstić information content (AvgIpc) is 2.49. The highest BCUT2D eigenvalue weighted by molar-refractivity contribution is 5.77. The van der Waals surface area contributed by atoms with Gasteiger partial charge in [-0.15, -0.1) is 0 Å². The van der Waals surface area contributed by atoms with Gasteiger partial charge in [0.05, 0.1) is 0 Å². The van der Waals surface area contributed by atoms with Crippen LogP contribution < -0.4 is 14.8 Å². The molecule has 1 heterocycles. The standard InChI is InChI=1S/C17H25NO3/c1-4-7-18-17(19)11-14(12(2)3)13-5-6-15-16(10-13)21-9-8-20-15/h5-6,10,12,14H,4,7-9,11H2,1-3H3,(H,18,19). The van der Waals surface area contributed by atoms with Crippen molar-refractivity contribution in [3.8, 4) is 11.5 Å². The van der Waals surface area contributed by atoms with Crippen LogP contribution in [0.1, 0.15) is 45.1 Å². The van der Waals surface area contributed by atoms with E-state index in [9.17, 15) is 4.79 Å². The lowest BCUT2D eigenvalue weighted by atomic mass is 9.85. The Morgan fingerprint density at radius 3 is 2.62 bits per heavy atom. The van der Waals surface area contributed by atoms with E-state index in [0.717, 1.165) is 30.0 Å². The summed E-state index contributed by atoms with van der Waals surface area (Å²) < 4.78 is 11.2. The molecule has 4 nitrogen and oxygen atoms in total. The first-order valence-electron chi connectivity index (χ1n) is 7.78. The summed E-state index contributed by atoms with van der Waals surface area (Å²) in [5, 5.41) is 2.95. The van der Waals surface area contributed by atoms with E-state index in [1.54, 1.807) is 0 Å². The number of ether oxygens (including phenoxy) is 2. The summed E-state index contributed by atoms with van der Waals surface area (Å²) >= 11 is 0. The summed E-state index contributed by atoms with van der Waals surface area (Å²) in [5.41, 5.74) is 1.14. The Morgan fingerprint density at radius 2 is 1.95 bits per heavy atom. The smallest absolute Gasteiger partial charge is 0.220 e. The molecule has 0 saturated carbocycles. The van der Waals surface area contributed by atoms with E-state index in [4.69, 9.17) is 9.47 Å². The molecule has 1 atom stereocenters. The molecule has 0 spiro atoms. The van der Waals surface area contributed by atoms with Crippen molar-refractivity contribution in [2.75, 3.05) is 19.8 Å². The first-order valence-corrected chi connectivity index (χ1v) is 7.78. The van der Waals surface area contributed by atoms with Gasteiger partial charge in [-0.2, -0.15) is 0 Å². The molecule has 116 valence electrons. The van der Waals surface area contributed by atoms with Crippen LogP contribution >= 0.6 is 0 Å². The Hall–Kier alpha value is -1.71. The third-order valence-corrected chi connectivity index (χ3v) is 3.78. The molecule has 1 aromatic rings. The fraction of sp³-hybridized carbons (Fsp3) is 0.588. The minimum atomic E-state index is 0.116. The zero-order valence-corrected chi connectivity index (χ0v) is 13.1. The van der Waals surface area contributed by atoms with Crippen LogP contribution in [0.3, 0.4) is 0 Å². The van der Waals surface area contributed by atoms with Crippen molar-refractivity contribution < 1.29 is 14.3 Å². The number of fused-ring (bicyclic) bond motifs is 1. The maximum Gasteiger partial charge on any atom is 0.220 e.